The lowest BCUT2D eigenvalue weighted by Crippen LogP contribution is -2.38. The second kappa shape index (κ2) is 11.6. The number of rotatable bonds is 10. The Bertz CT molecular complexity index is 754. The Kier molecular flexibility index (Phi) is 8.52. The lowest BCUT2D eigenvalue weighted by Gasteiger charge is -2.13. The molecule has 1 aromatic heterocycles. The first-order chi connectivity index (χ1) is 14.3. The van der Waals surface area contributed by atoms with E-state index in [4.69, 9.17) is 9.47 Å². The molecule has 0 amide bonds. The summed E-state index contributed by atoms with van der Waals surface area (Å²) in [4.78, 5) is 4.29. The third kappa shape index (κ3) is 6.87. The van der Waals surface area contributed by atoms with Crippen LogP contribution < -0.4 is 10.6 Å². The second-order valence-electron chi connectivity index (χ2n) is 7.26. The summed E-state index contributed by atoms with van der Waals surface area (Å²) < 4.78 is 13.0. The van der Waals surface area contributed by atoms with Crippen molar-refractivity contribution >= 4 is 5.96 Å². The number of hydrogen-bond acceptors (Lipinski definition) is 4. The Morgan fingerprint density at radius 1 is 1.24 bits per heavy atom. The van der Waals surface area contributed by atoms with Gasteiger partial charge >= 0.3 is 0 Å². The number of benzene rings is 1. The van der Waals surface area contributed by atoms with Crippen LogP contribution in [0.4, 0.5) is 0 Å². The first-order valence-electron chi connectivity index (χ1n) is 10.5. The lowest BCUT2D eigenvalue weighted by molar-refractivity contribution is 0.0420. The van der Waals surface area contributed by atoms with E-state index in [1.165, 1.54) is 5.56 Å². The number of aliphatic imine (C=N–C) groups is 1. The molecule has 7 heteroatoms. The summed E-state index contributed by atoms with van der Waals surface area (Å²) in [6, 6.07) is 10.2. The van der Waals surface area contributed by atoms with Crippen LogP contribution in [-0.4, -0.2) is 61.8 Å². The van der Waals surface area contributed by atoms with E-state index in [0.717, 1.165) is 75.9 Å². The first-order valence-corrected chi connectivity index (χ1v) is 10.5. The zero-order valence-corrected chi connectivity index (χ0v) is 17.6. The summed E-state index contributed by atoms with van der Waals surface area (Å²) >= 11 is 0. The van der Waals surface area contributed by atoms with Crippen LogP contribution in [0.15, 0.2) is 41.5 Å². The minimum absolute atomic E-state index is 0.280. The minimum atomic E-state index is 0.280. The number of ether oxygens (including phenoxy) is 2. The highest BCUT2D eigenvalue weighted by Gasteiger charge is 2.15. The number of aryl methyl sites for hydroxylation is 2. The Balaban J connectivity index is 1.31. The molecule has 1 atom stereocenters. The summed E-state index contributed by atoms with van der Waals surface area (Å²) in [7, 11) is 1.80. The number of hydrogen-bond donors (Lipinski definition) is 2. The van der Waals surface area contributed by atoms with Crippen LogP contribution >= 0.6 is 0 Å². The quantitative estimate of drug-likeness (QED) is 0.365. The largest absolute Gasteiger partial charge is 0.379 e. The highest BCUT2D eigenvalue weighted by Crippen LogP contribution is 2.13. The second-order valence-corrected chi connectivity index (χ2v) is 7.26. The van der Waals surface area contributed by atoms with E-state index in [1.54, 1.807) is 7.05 Å². The minimum Gasteiger partial charge on any atom is -0.379 e. The van der Waals surface area contributed by atoms with Crippen molar-refractivity contribution in [3.63, 3.8) is 0 Å². The lowest BCUT2D eigenvalue weighted by atomic mass is 10.1. The van der Waals surface area contributed by atoms with Gasteiger partial charge in [0.2, 0.25) is 0 Å². The SMILES string of the molecule is CN=C(NCCCOC1CCOC1)NCCCc1cn(-c2ccccc2)nc1C. The van der Waals surface area contributed by atoms with Crippen LogP contribution in [-0.2, 0) is 15.9 Å². The normalized spacial score (nSPS) is 16.9. The van der Waals surface area contributed by atoms with Crippen molar-refractivity contribution in [2.75, 3.05) is 40.0 Å². The molecule has 2 heterocycles. The van der Waals surface area contributed by atoms with Crippen molar-refractivity contribution < 1.29 is 9.47 Å². The van der Waals surface area contributed by atoms with Gasteiger partial charge in [0.15, 0.2) is 5.96 Å². The molecule has 29 heavy (non-hydrogen) atoms. The molecular weight excluding hydrogens is 366 g/mol. The molecular formula is C22H33N5O2. The molecule has 1 unspecified atom stereocenters. The van der Waals surface area contributed by atoms with Gasteiger partial charge in [-0.2, -0.15) is 5.10 Å². The molecule has 1 aromatic carbocycles. The third-order valence-electron chi connectivity index (χ3n) is 5.02. The van der Waals surface area contributed by atoms with E-state index < -0.39 is 0 Å². The fraction of sp³-hybridized carbons (Fsp3) is 0.545. The highest BCUT2D eigenvalue weighted by molar-refractivity contribution is 5.79. The molecule has 1 saturated heterocycles. The Morgan fingerprint density at radius 2 is 2.03 bits per heavy atom. The van der Waals surface area contributed by atoms with Crippen LogP contribution in [0.25, 0.3) is 5.69 Å². The van der Waals surface area contributed by atoms with Gasteiger partial charge in [-0.05, 0) is 50.3 Å². The standard InChI is InChI=1S/C22H33N5O2/c1-18-19(16-27(26-18)20-9-4-3-5-10-20)8-6-12-24-22(23-2)25-13-7-14-29-21-11-15-28-17-21/h3-5,9-10,16,21H,6-8,11-15,17H2,1-2H3,(H2,23,24,25). The summed E-state index contributed by atoms with van der Waals surface area (Å²) in [6.45, 7) is 6.10. The maximum Gasteiger partial charge on any atom is 0.190 e. The van der Waals surface area contributed by atoms with Crippen molar-refractivity contribution in [3.05, 3.63) is 47.8 Å². The number of nitrogens with one attached hydrogen (secondary N) is 2. The van der Waals surface area contributed by atoms with Crippen molar-refractivity contribution in [2.24, 2.45) is 4.99 Å². The van der Waals surface area contributed by atoms with Crippen LogP contribution in [0.3, 0.4) is 0 Å². The monoisotopic (exact) mass is 399 g/mol. The molecule has 1 aliphatic rings. The molecule has 0 spiro atoms. The molecule has 1 aliphatic heterocycles. The summed E-state index contributed by atoms with van der Waals surface area (Å²) in [5.41, 5.74) is 3.46. The Labute approximate surface area is 173 Å². The van der Waals surface area contributed by atoms with Gasteiger partial charge in [0.25, 0.3) is 0 Å². The van der Waals surface area contributed by atoms with Crippen molar-refractivity contribution in [1.29, 1.82) is 0 Å². The van der Waals surface area contributed by atoms with Gasteiger partial charge in [-0.3, -0.25) is 4.99 Å². The zero-order chi connectivity index (χ0) is 20.3. The predicted molar refractivity (Wildman–Crippen MR) is 116 cm³/mol. The molecule has 2 aromatic rings. The van der Waals surface area contributed by atoms with Gasteiger partial charge in [-0.25, -0.2) is 4.68 Å². The fourth-order valence-electron chi connectivity index (χ4n) is 3.33. The molecule has 1 fully saturated rings. The summed E-state index contributed by atoms with van der Waals surface area (Å²) in [5.74, 6) is 0.839. The first kappa shape index (κ1) is 21.3. The molecule has 158 valence electrons. The van der Waals surface area contributed by atoms with Crippen LogP contribution in [0.5, 0.6) is 0 Å². The summed E-state index contributed by atoms with van der Waals surface area (Å²) in [5, 5.41) is 11.4. The van der Waals surface area contributed by atoms with Crippen molar-refractivity contribution in [1.82, 2.24) is 20.4 Å². The van der Waals surface area contributed by atoms with E-state index in [0.29, 0.717) is 0 Å². The maximum atomic E-state index is 5.78. The van der Waals surface area contributed by atoms with Crippen LogP contribution in [0.1, 0.15) is 30.5 Å². The van der Waals surface area contributed by atoms with Crippen molar-refractivity contribution in [2.45, 2.75) is 38.7 Å². The van der Waals surface area contributed by atoms with Gasteiger partial charge < -0.3 is 20.1 Å². The molecule has 0 radical (unpaired) electrons. The number of aromatic nitrogens is 2. The fourth-order valence-corrected chi connectivity index (χ4v) is 3.33. The molecule has 7 nitrogen and oxygen atoms in total. The van der Waals surface area contributed by atoms with Gasteiger partial charge in [-0.15, -0.1) is 0 Å². The number of guanidine groups is 1. The summed E-state index contributed by atoms with van der Waals surface area (Å²) in [6.07, 6.45) is 6.39. The zero-order valence-electron chi connectivity index (χ0n) is 17.6. The van der Waals surface area contributed by atoms with E-state index in [2.05, 4.69) is 46.0 Å². The van der Waals surface area contributed by atoms with Gasteiger partial charge in [0, 0.05) is 39.5 Å². The number of nitrogens with zero attached hydrogens (tertiary/aromatic N) is 3. The molecule has 3 rings (SSSR count). The predicted octanol–water partition coefficient (Wildman–Crippen LogP) is 2.47. The van der Waals surface area contributed by atoms with E-state index >= 15 is 0 Å². The van der Waals surface area contributed by atoms with Crippen molar-refractivity contribution in [3.8, 4) is 5.69 Å². The Hall–Kier alpha value is -2.38. The van der Waals surface area contributed by atoms with Gasteiger partial charge in [-0.1, -0.05) is 18.2 Å². The van der Waals surface area contributed by atoms with Gasteiger partial charge in [0.05, 0.1) is 24.1 Å². The molecule has 0 bridgehead atoms. The van der Waals surface area contributed by atoms with E-state index in [9.17, 15) is 0 Å². The Morgan fingerprint density at radius 3 is 2.76 bits per heavy atom. The number of para-hydroxylation sites is 1. The average molecular weight is 400 g/mol. The highest BCUT2D eigenvalue weighted by atomic mass is 16.5. The smallest absolute Gasteiger partial charge is 0.190 e. The average Bonchev–Trinajstić information content (AvgIpc) is 3.40. The van der Waals surface area contributed by atoms with E-state index in [-0.39, 0.29) is 6.10 Å². The molecule has 0 saturated carbocycles. The molecule has 2 N–H and O–H groups in total. The maximum absolute atomic E-state index is 5.78. The molecule has 0 aliphatic carbocycles. The van der Waals surface area contributed by atoms with Gasteiger partial charge in [0.1, 0.15) is 0 Å². The van der Waals surface area contributed by atoms with E-state index in [1.807, 2.05) is 22.9 Å². The third-order valence-corrected chi connectivity index (χ3v) is 5.02. The van der Waals surface area contributed by atoms with Crippen LogP contribution in [0.2, 0.25) is 0 Å². The topological polar surface area (TPSA) is 72.7 Å². The van der Waals surface area contributed by atoms with Crippen LogP contribution in [0, 0.1) is 6.92 Å².